The van der Waals surface area contributed by atoms with Gasteiger partial charge in [0.1, 0.15) is 5.69 Å². The molecule has 2 aromatic rings. The molecule has 25 heavy (non-hydrogen) atoms. The molecule has 2 aromatic heterocycles. The number of nitrogens with zero attached hydrogens (tertiary/aromatic N) is 3. The van der Waals surface area contributed by atoms with Gasteiger partial charge in [0.2, 0.25) is 0 Å². The predicted molar refractivity (Wildman–Crippen MR) is 93.5 cm³/mol. The summed E-state index contributed by atoms with van der Waals surface area (Å²) < 4.78 is 5.14. The van der Waals surface area contributed by atoms with Crippen molar-refractivity contribution in [2.75, 3.05) is 38.0 Å². The Bertz CT molecular complexity index is 704. The highest BCUT2D eigenvalue weighted by Gasteiger charge is 2.27. The molecule has 1 fully saturated rings. The quantitative estimate of drug-likeness (QED) is 0.900. The number of carbonyl (C=O) groups excluding carboxylic acids is 2. The summed E-state index contributed by atoms with van der Waals surface area (Å²) >= 11 is 0. The van der Waals surface area contributed by atoms with Crippen molar-refractivity contribution >= 4 is 17.5 Å². The topological polar surface area (TPSA) is 78.7 Å². The number of aromatic nitrogens is 1. The summed E-state index contributed by atoms with van der Waals surface area (Å²) in [6, 6.07) is 6.95. The zero-order valence-corrected chi connectivity index (χ0v) is 14.3. The van der Waals surface area contributed by atoms with Gasteiger partial charge in [0.05, 0.1) is 18.1 Å². The number of hydrogen-bond donors (Lipinski definition) is 1. The van der Waals surface area contributed by atoms with Gasteiger partial charge in [0.25, 0.3) is 11.8 Å². The third-order valence-corrected chi connectivity index (χ3v) is 4.15. The minimum Gasteiger partial charge on any atom is -0.459 e. The largest absolute Gasteiger partial charge is 0.459 e. The Morgan fingerprint density at radius 3 is 2.40 bits per heavy atom. The molecule has 1 saturated heterocycles. The van der Waals surface area contributed by atoms with Crippen LogP contribution in [0.2, 0.25) is 0 Å². The van der Waals surface area contributed by atoms with Gasteiger partial charge in [-0.2, -0.15) is 0 Å². The Hall–Kier alpha value is -2.83. The lowest BCUT2D eigenvalue weighted by Gasteiger charge is -2.34. The zero-order valence-electron chi connectivity index (χ0n) is 14.3. The van der Waals surface area contributed by atoms with Gasteiger partial charge >= 0.3 is 0 Å². The molecule has 7 nitrogen and oxygen atoms in total. The number of nitrogens with one attached hydrogen (secondary N) is 1. The number of piperazine rings is 1. The monoisotopic (exact) mass is 342 g/mol. The molecule has 0 unspecified atom stereocenters. The summed E-state index contributed by atoms with van der Waals surface area (Å²) in [6.45, 7) is 4.92. The van der Waals surface area contributed by atoms with E-state index in [0.29, 0.717) is 37.6 Å². The summed E-state index contributed by atoms with van der Waals surface area (Å²) in [5, 5.41) is 3.23. The number of carbonyl (C=O) groups is 2. The van der Waals surface area contributed by atoms with Crippen LogP contribution in [-0.4, -0.2) is 59.3 Å². The SMILES string of the molecule is CCCNc1ccc(C(=O)N2CCN(C(=O)c3ccco3)CC2)nc1. The van der Waals surface area contributed by atoms with E-state index < -0.39 is 0 Å². The van der Waals surface area contributed by atoms with Crippen molar-refractivity contribution in [1.82, 2.24) is 14.8 Å². The lowest BCUT2D eigenvalue weighted by atomic mass is 10.2. The first-order chi connectivity index (χ1) is 12.2. The van der Waals surface area contributed by atoms with Gasteiger partial charge in [-0.1, -0.05) is 6.92 Å². The van der Waals surface area contributed by atoms with E-state index in [1.165, 1.54) is 6.26 Å². The van der Waals surface area contributed by atoms with E-state index in [4.69, 9.17) is 4.42 Å². The molecule has 1 aliphatic heterocycles. The van der Waals surface area contributed by atoms with Crippen LogP contribution in [0.15, 0.2) is 41.1 Å². The van der Waals surface area contributed by atoms with Gasteiger partial charge in [-0.15, -0.1) is 0 Å². The molecule has 1 N–H and O–H groups in total. The van der Waals surface area contributed by atoms with Gasteiger partial charge < -0.3 is 19.5 Å². The molecule has 1 aliphatic rings. The van der Waals surface area contributed by atoms with E-state index in [-0.39, 0.29) is 11.8 Å². The molecule has 0 aromatic carbocycles. The van der Waals surface area contributed by atoms with Crippen molar-refractivity contribution in [2.45, 2.75) is 13.3 Å². The lowest BCUT2D eigenvalue weighted by molar-refractivity contribution is 0.0515. The molecule has 0 aliphatic carbocycles. The van der Waals surface area contributed by atoms with Crippen molar-refractivity contribution in [3.8, 4) is 0 Å². The maximum atomic E-state index is 12.6. The molecule has 3 rings (SSSR count). The number of hydrogen-bond acceptors (Lipinski definition) is 5. The summed E-state index contributed by atoms with van der Waals surface area (Å²) in [5.74, 6) is 0.0883. The van der Waals surface area contributed by atoms with Crippen molar-refractivity contribution in [1.29, 1.82) is 0 Å². The fourth-order valence-corrected chi connectivity index (χ4v) is 2.72. The maximum Gasteiger partial charge on any atom is 0.289 e. The Balaban J connectivity index is 1.55. The van der Waals surface area contributed by atoms with Crippen LogP contribution in [0.5, 0.6) is 0 Å². The molecule has 0 radical (unpaired) electrons. The van der Waals surface area contributed by atoms with Crippen LogP contribution in [0.1, 0.15) is 34.4 Å². The van der Waals surface area contributed by atoms with Crippen LogP contribution < -0.4 is 5.32 Å². The van der Waals surface area contributed by atoms with Gasteiger partial charge in [-0.25, -0.2) is 4.98 Å². The summed E-state index contributed by atoms with van der Waals surface area (Å²) in [6.07, 6.45) is 4.19. The molecule has 0 atom stereocenters. The molecular formula is C18H22N4O3. The first-order valence-corrected chi connectivity index (χ1v) is 8.51. The van der Waals surface area contributed by atoms with Crippen molar-refractivity contribution in [3.63, 3.8) is 0 Å². The second-order valence-corrected chi connectivity index (χ2v) is 5.92. The van der Waals surface area contributed by atoms with E-state index >= 15 is 0 Å². The number of amides is 2. The van der Waals surface area contributed by atoms with Crippen LogP contribution in [0.3, 0.4) is 0 Å². The Morgan fingerprint density at radius 2 is 1.84 bits per heavy atom. The van der Waals surface area contributed by atoms with Crippen LogP contribution in [0, 0.1) is 0 Å². The standard InChI is InChI=1S/C18H22N4O3/c1-2-7-19-14-5-6-15(20-13-14)17(23)21-8-10-22(11-9-21)18(24)16-4-3-12-25-16/h3-6,12-13,19H,2,7-11H2,1H3. The summed E-state index contributed by atoms with van der Waals surface area (Å²) in [5.41, 5.74) is 1.33. The minimum absolute atomic E-state index is 0.105. The van der Waals surface area contributed by atoms with Crippen molar-refractivity contribution in [3.05, 3.63) is 48.2 Å². The normalized spacial score (nSPS) is 14.4. The molecule has 0 saturated carbocycles. The Kier molecular flexibility index (Phi) is 5.33. The van der Waals surface area contributed by atoms with Crippen LogP contribution in [-0.2, 0) is 0 Å². The van der Waals surface area contributed by atoms with E-state index in [2.05, 4.69) is 17.2 Å². The molecular weight excluding hydrogens is 320 g/mol. The van der Waals surface area contributed by atoms with Gasteiger partial charge in [-0.3, -0.25) is 9.59 Å². The number of anilines is 1. The summed E-state index contributed by atoms with van der Waals surface area (Å²) in [4.78, 5) is 32.5. The number of pyridine rings is 1. The first kappa shape index (κ1) is 17.0. The highest BCUT2D eigenvalue weighted by Crippen LogP contribution is 2.13. The maximum absolute atomic E-state index is 12.6. The van der Waals surface area contributed by atoms with E-state index in [1.54, 1.807) is 34.2 Å². The highest BCUT2D eigenvalue weighted by molar-refractivity contribution is 5.93. The zero-order chi connectivity index (χ0) is 17.6. The average Bonchev–Trinajstić information content (AvgIpc) is 3.20. The van der Waals surface area contributed by atoms with Gasteiger partial charge in [0, 0.05) is 32.7 Å². The number of furan rings is 1. The second kappa shape index (κ2) is 7.83. The molecule has 132 valence electrons. The third-order valence-electron chi connectivity index (χ3n) is 4.15. The second-order valence-electron chi connectivity index (χ2n) is 5.92. The molecule has 2 amide bonds. The average molecular weight is 342 g/mol. The molecule has 7 heteroatoms. The lowest BCUT2D eigenvalue weighted by Crippen LogP contribution is -2.50. The summed E-state index contributed by atoms with van der Waals surface area (Å²) in [7, 11) is 0. The minimum atomic E-state index is -0.137. The van der Waals surface area contributed by atoms with Crippen LogP contribution in [0.4, 0.5) is 5.69 Å². The van der Waals surface area contributed by atoms with E-state index in [1.807, 2.05) is 6.07 Å². The fourth-order valence-electron chi connectivity index (χ4n) is 2.72. The van der Waals surface area contributed by atoms with Crippen molar-refractivity contribution in [2.24, 2.45) is 0 Å². The Labute approximate surface area is 146 Å². The fraction of sp³-hybridized carbons (Fsp3) is 0.389. The van der Waals surface area contributed by atoms with Crippen molar-refractivity contribution < 1.29 is 14.0 Å². The van der Waals surface area contributed by atoms with Crippen LogP contribution >= 0.6 is 0 Å². The van der Waals surface area contributed by atoms with Gasteiger partial charge in [0.15, 0.2) is 5.76 Å². The van der Waals surface area contributed by atoms with Gasteiger partial charge in [-0.05, 0) is 30.7 Å². The van der Waals surface area contributed by atoms with E-state index in [0.717, 1.165) is 18.7 Å². The van der Waals surface area contributed by atoms with Crippen LogP contribution in [0.25, 0.3) is 0 Å². The molecule has 3 heterocycles. The third kappa shape index (κ3) is 3.99. The highest BCUT2D eigenvalue weighted by atomic mass is 16.3. The molecule has 0 bridgehead atoms. The predicted octanol–water partition coefficient (Wildman–Crippen LogP) is 2.09. The van der Waals surface area contributed by atoms with E-state index in [9.17, 15) is 9.59 Å². The number of rotatable bonds is 5. The molecule has 0 spiro atoms. The first-order valence-electron chi connectivity index (χ1n) is 8.51. The smallest absolute Gasteiger partial charge is 0.289 e. The Morgan fingerprint density at radius 1 is 1.12 bits per heavy atom.